The maximum atomic E-state index is 13.5. The van der Waals surface area contributed by atoms with Crippen LogP contribution in [0, 0.1) is 26.6 Å². The lowest BCUT2D eigenvalue weighted by molar-refractivity contribution is -0.149. The van der Waals surface area contributed by atoms with Crippen LogP contribution in [0.2, 0.25) is 0 Å². The lowest BCUT2D eigenvalue weighted by Crippen LogP contribution is -2.26. The number of benzene rings is 2. The molecule has 7 heteroatoms. The largest absolute Gasteiger partial charge is 0.487 e. The SMILES string of the molecule is CCOC(Cc1ccc(OCc2nc(-c3ccc(F)c(C)c3)oc2C)cc1C)C(=O)O. The van der Waals surface area contributed by atoms with Crippen molar-refractivity contribution in [3.8, 4) is 17.2 Å². The standard InChI is InChI=1S/C24H26FNO5/c1-5-29-22(24(27)28)12-17-6-8-19(11-14(17)2)30-13-21-16(4)31-23(26-21)18-7-9-20(25)15(3)10-18/h6-11,22H,5,12-13H2,1-4H3,(H,27,28). The van der Waals surface area contributed by atoms with Crippen LogP contribution in [0.1, 0.15) is 35.1 Å². The van der Waals surface area contributed by atoms with Crippen molar-refractivity contribution in [1.82, 2.24) is 4.98 Å². The predicted octanol–water partition coefficient (Wildman–Crippen LogP) is 5.02. The van der Waals surface area contributed by atoms with Gasteiger partial charge in [-0.2, -0.15) is 0 Å². The Morgan fingerprint density at radius 1 is 1.16 bits per heavy atom. The highest BCUT2D eigenvalue weighted by molar-refractivity contribution is 5.72. The molecule has 0 amide bonds. The van der Waals surface area contributed by atoms with E-state index >= 15 is 0 Å². The lowest BCUT2D eigenvalue weighted by atomic mass is 10.0. The number of aryl methyl sites for hydroxylation is 3. The van der Waals surface area contributed by atoms with E-state index in [9.17, 15) is 14.3 Å². The van der Waals surface area contributed by atoms with Gasteiger partial charge in [-0.15, -0.1) is 0 Å². The minimum Gasteiger partial charge on any atom is -0.487 e. The molecular formula is C24H26FNO5. The van der Waals surface area contributed by atoms with Gasteiger partial charge in [-0.3, -0.25) is 0 Å². The Labute approximate surface area is 180 Å². The van der Waals surface area contributed by atoms with E-state index in [1.807, 2.05) is 19.1 Å². The van der Waals surface area contributed by atoms with Crippen molar-refractivity contribution < 1.29 is 28.2 Å². The molecule has 0 aliphatic rings. The molecule has 0 saturated carbocycles. The van der Waals surface area contributed by atoms with E-state index in [4.69, 9.17) is 13.9 Å². The molecule has 0 aliphatic heterocycles. The summed E-state index contributed by atoms with van der Waals surface area (Å²) >= 11 is 0. The molecule has 1 heterocycles. The van der Waals surface area contributed by atoms with Gasteiger partial charge in [-0.25, -0.2) is 14.2 Å². The maximum Gasteiger partial charge on any atom is 0.333 e. The second kappa shape index (κ2) is 9.75. The minimum atomic E-state index is -0.977. The summed E-state index contributed by atoms with van der Waals surface area (Å²) in [4.78, 5) is 15.8. The normalized spacial score (nSPS) is 12.0. The highest BCUT2D eigenvalue weighted by Crippen LogP contribution is 2.25. The predicted molar refractivity (Wildman–Crippen MR) is 114 cm³/mol. The fourth-order valence-electron chi connectivity index (χ4n) is 3.22. The monoisotopic (exact) mass is 427 g/mol. The summed E-state index contributed by atoms with van der Waals surface area (Å²) in [5.41, 5.74) is 3.69. The number of ether oxygens (including phenoxy) is 2. The van der Waals surface area contributed by atoms with Crippen LogP contribution in [0.25, 0.3) is 11.5 Å². The van der Waals surface area contributed by atoms with Gasteiger partial charge in [-0.1, -0.05) is 6.07 Å². The molecule has 0 bridgehead atoms. The molecule has 2 aromatic carbocycles. The summed E-state index contributed by atoms with van der Waals surface area (Å²) in [5.74, 6) is 0.444. The van der Waals surface area contributed by atoms with Crippen molar-refractivity contribution in [3.63, 3.8) is 0 Å². The van der Waals surface area contributed by atoms with E-state index in [0.717, 1.165) is 11.1 Å². The highest BCUT2D eigenvalue weighted by atomic mass is 19.1. The molecule has 1 unspecified atom stereocenters. The summed E-state index contributed by atoms with van der Waals surface area (Å²) in [7, 11) is 0. The Kier molecular flexibility index (Phi) is 7.07. The Balaban J connectivity index is 1.69. The number of aromatic nitrogens is 1. The number of oxazole rings is 1. The number of carboxylic acids is 1. The van der Waals surface area contributed by atoms with Gasteiger partial charge in [0, 0.05) is 18.6 Å². The average molecular weight is 427 g/mol. The first-order chi connectivity index (χ1) is 14.8. The summed E-state index contributed by atoms with van der Waals surface area (Å²) in [6, 6.07) is 10.2. The molecule has 164 valence electrons. The zero-order valence-electron chi connectivity index (χ0n) is 18.1. The van der Waals surface area contributed by atoms with Gasteiger partial charge in [0.1, 0.15) is 29.6 Å². The first-order valence-corrected chi connectivity index (χ1v) is 10.1. The maximum absolute atomic E-state index is 13.5. The van der Waals surface area contributed by atoms with Crippen LogP contribution in [0.4, 0.5) is 4.39 Å². The van der Waals surface area contributed by atoms with Crippen LogP contribution in [0.15, 0.2) is 40.8 Å². The fourth-order valence-corrected chi connectivity index (χ4v) is 3.22. The number of nitrogens with zero attached hydrogens (tertiary/aromatic N) is 1. The second-order valence-corrected chi connectivity index (χ2v) is 7.35. The van der Waals surface area contributed by atoms with Crippen LogP contribution in [-0.4, -0.2) is 28.8 Å². The molecule has 0 aliphatic carbocycles. The second-order valence-electron chi connectivity index (χ2n) is 7.35. The lowest BCUT2D eigenvalue weighted by Gasteiger charge is -2.15. The van der Waals surface area contributed by atoms with E-state index in [1.54, 1.807) is 39.0 Å². The van der Waals surface area contributed by atoms with Crippen LogP contribution >= 0.6 is 0 Å². The van der Waals surface area contributed by atoms with Gasteiger partial charge in [0.15, 0.2) is 6.10 Å². The van der Waals surface area contributed by atoms with E-state index < -0.39 is 12.1 Å². The molecule has 6 nitrogen and oxygen atoms in total. The third-order valence-electron chi connectivity index (χ3n) is 5.04. The molecule has 0 spiro atoms. The summed E-state index contributed by atoms with van der Waals surface area (Å²) in [6.45, 7) is 7.73. The van der Waals surface area contributed by atoms with Crippen molar-refractivity contribution in [2.45, 2.75) is 46.8 Å². The van der Waals surface area contributed by atoms with Gasteiger partial charge in [0.25, 0.3) is 0 Å². The van der Waals surface area contributed by atoms with Crippen molar-refractivity contribution in [3.05, 3.63) is 70.4 Å². The van der Waals surface area contributed by atoms with E-state index in [2.05, 4.69) is 4.98 Å². The summed E-state index contributed by atoms with van der Waals surface area (Å²) in [5, 5.41) is 9.28. The average Bonchev–Trinajstić information content (AvgIpc) is 3.10. The first kappa shape index (κ1) is 22.5. The highest BCUT2D eigenvalue weighted by Gasteiger charge is 2.19. The van der Waals surface area contributed by atoms with Gasteiger partial charge in [0.2, 0.25) is 5.89 Å². The number of hydrogen-bond donors (Lipinski definition) is 1. The fraction of sp³-hybridized carbons (Fsp3) is 0.333. The Morgan fingerprint density at radius 2 is 1.94 bits per heavy atom. The van der Waals surface area contributed by atoms with Crippen LogP contribution in [0.5, 0.6) is 5.75 Å². The van der Waals surface area contributed by atoms with Crippen molar-refractivity contribution in [2.24, 2.45) is 0 Å². The Morgan fingerprint density at radius 3 is 2.58 bits per heavy atom. The van der Waals surface area contributed by atoms with Crippen LogP contribution in [-0.2, 0) is 22.6 Å². The van der Waals surface area contributed by atoms with Gasteiger partial charge in [0.05, 0.1) is 0 Å². The molecule has 0 saturated heterocycles. The molecule has 1 atom stereocenters. The third-order valence-corrected chi connectivity index (χ3v) is 5.04. The molecule has 0 radical (unpaired) electrons. The number of hydrogen-bond acceptors (Lipinski definition) is 5. The van der Waals surface area contributed by atoms with E-state index in [1.165, 1.54) is 6.07 Å². The van der Waals surface area contributed by atoms with E-state index in [-0.39, 0.29) is 18.8 Å². The Bertz CT molecular complexity index is 1080. The number of rotatable bonds is 9. The molecule has 1 aromatic heterocycles. The smallest absolute Gasteiger partial charge is 0.333 e. The molecule has 3 aromatic rings. The summed E-state index contributed by atoms with van der Waals surface area (Å²) in [6.07, 6.45) is -0.584. The molecule has 3 rings (SSSR count). The van der Waals surface area contributed by atoms with Gasteiger partial charge in [-0.05, 0) is 74.7 Å². The first-order valence-electron chi connectivity index (χ1n) is 10.1. The zero-order valence-corrected chi connectivity index (χ0v) is 18.1. The van der Waals surface area contributed by atoms with Crippen LogP contribution < -0.4 is 4.74 Å². The number of aliphatic carboxylic acids is 1. The zero-order chi connectivity index (χ0) is 22.5. The number of carbonyl (C=O) groups is 1. The van der Waals surface area contributed by atoms with Gasteiger partial charge < -0.3 is 19.0 Å². The van der Waals surface area contributed by atoms with Gasteiger partial charge >= 0.3 is 5.97 Å². The topological polar surface area (TPSA) is 81.8 Å². The van der Waals surface area contributed by atoms with Crippen molar-refractivity contribution in [2.75, 3.05) is 6.61 Å². The Hall–Kier alpha value is -3.19. The third kappa shape index (κ3) is 5.49. The molecule has 0 fully saturated rings. The minimum absolute atomic E-state index is 0.213. The molecular weight excluding hydrogens is 401 g/mol. The van der Waals surface area contributed by atoms with Crippen molar-refractivity contribution in [1.29, 1.82) is 0 Å². The summed E-state index contributed by atoms with van der Waals surface area (Å²) < 4.78 is 30.4. The number of carboxylic acid groups (broad SMARTS) is 1. The molecule has 31 heavy (non-hydrogen) atoms. The van der Waals surface area contributed by atoms with E-state index in [0.29, 0.717) is 40.8 Å². The van der Waals surface area contributed by atoms with Crippen LogP contribution in [0.3, 0.4) is 0 Å². The van der Waals surface area contributed by atoms with Crippen molar-refractivity contribution >= 4 is 5.97 Å². The molecule has 1 N–H and O–H groups in total. The quantitative estimate of drug-likeness (QED) is 0.517. The number of halogens is 1.